The summed E-state index contributed by atoms with van der Waals surface area (Å²) in [4.78, 5) is 19.8. The summed E-state index contributed by atoms with van der Waals surface area (Å²) in [5.41, 5.74) is 3.49. The summed E-state index contributed by atoms with van der Waals surface area (Å²) in [6.07, 6.45) is 0.886. The van der Waals surface area contributed by atoms with Gasteiger partial charge in [-0.05, 0) is 37.1 Å². The van der Waals surface area contributed by atoms with Gasteiger partial charge in [-0.15, -0.1) is 0 Å². The van der Waals surface area contributed by atoms with Crippen molar-refractivity contribution in [3.63, 3.8) is 0 Å². The average molecular weight is 415 g/mol. The minimum atomic E-state index is -3.34. The highest BCUT2D eigenvalue weighted by atomic mass is 32.2. The molecule has 2 aromatic carbocycles. The van der Waals surface area contributed by atoms with Crippen LogP contribution in [0.2, 0.25) is 0 Å². The summed E-state index contributed by atoms with van der Waals surface area (Å²) in [5, 5.41) is 2.89. The molecule has 7 nitrogen and oxygen atoms in total. The maximum atomic E-state index is 12.1. The second kappa shape index (κ2) is 9.19. The Hall–Kier alpha value is -2.71. The molecule has 3 aromatic rings. The number of fused-ring (bicyclic) bond motifs is 1. The van der Waals surface area contributed by atoms with Crippen molar-refractivity contribution in [1.82, 2.24) is 20.0 Å². The van der Waals surface area contributed by atoms with Crippen molar-refractivity contribution in [2.75, 3.05) is 0 Å². The quantitative estimate of drug-likeness (QED) is 0.501. The molecule has 1 aromatic heterocycles. The van der Waals surface area contributed by atoms with Crippen molar-refractivity contribution >= 4 is 27.0 Å². The Bertz CT molecular complexity index is 1040. The normalized spacial score (nSPS) is 11.8. The number of aromatic amines is 1. The summed E-state index contributed by atoms with van der Waals surface area (Å²) < 4.78 is 26.5. The zero-order chi connectivity index (χ0) is 20.9. The predicted molar refractivity (Wildman–Crippen MR) is 114 cm³/mol. The highest BCUT2D eigenvalue weighted by Gasteiger charge is 2.13. The Morgan fingerprint density at radius 2 is 1.76 bits per heavy atom. The molecule has 29 heavy (non-hydrogen) atoms. The Morgan fingerprint density at radius 3 is 2.45 bits per heavy atom. The maximum Gasteiger partial charge on any atom is 0.220 e. The first-order valence-electron chi connectivity index (χ1n) is 9.59. The molecule has 0 saturated carbocycles. The van der Waals surface area contributed by atoms with Gasteiger partial charge in [0.2, 0.25) is 15.9 Å². The summed E-state index contributed by atoms with van der Waals surface area (Å²) in [6.45, 7) is 3.98. The lowest BCUT2D eigenvalue weighted by Crippen LogP contribution is -2.31. The molecule has 0 spiro atoms. The molecule has 3 N–H and O–H groups in total. The van der Waals surface area contributed by atoms with Gasteiger partial charge in [-0.2, -0.15) is 0 Å². The number of aromatic nitrogens is 2. The minimum Gasteiger partial charge on any atom is -0.352 e. The molecule has 0 fully saturated rings. The molecule has 3 rings (SSSR count). The highest BCUT2D eigenvalue weighted by molar-refractivity contribution is 7.88. The number of sulfonamides is 1. The molecule has 8 heteroatoms. The lowest BCUT2D eigenvalue weighted by Gasteiger charge is -2.10. The average Bonchev–Trinajstić information content (AvgIpc) is 3.07. The third-order valence-corrected chi connectivity index (χ3v) is 5.86. The highest BCUT2D eigenvalue weighted by Crippen LogP contribution is 2.12. The molecule has 1 heterocycles. The zero-order valence-electron chi connectivity index (χ0n) is 16.6. The van der Waals surface area contributed by atoms with Crippen LogP contribution in [0, 0.1) is 0 Å². The van der Waals surface area contributed by atoms with Crippen LogP contribution in [0.1, 0.15) is 37.2 Å². The number of para-hydroxylation sites is 2. The van der Waals surface area contributed by atoms with Crippen molar-refractivity contribution in [2.24, 2.45) is 0 Å². The lowest BCUT2D eigenvalue weighted by atomic mass is 10.1. The van der Waals surface area contributed by atoms with E-state index in [1.54, 1.807) is 26.0 Å². The summed E-state index contributed by atoms with van der Waals surface area (Å²) in [6, 6.07) is 14.8. The molecule has 0 radical (unpaired) electrons. The van der Waals surface area contributed by atoms with Gasteiger partial charge in [-0.3, -0.25) is 4.79 Å². The Kier molecular flexibility index (Phi) is 6.66. The fraction of sp³-hybridized carbons (Fsp3) is 0.333. The van der Waals surface area contributed by atoms with Gasteiger partial charge in [-0.25, -0.2) is 18.1 Å². The number of H-pyrrole nitrogens is 1. The third kappa shape index (κ3) is 6.40. The standard InChI is InChI=1S/C21H26N4O3S/c1-15(2)25-29(27,28)14-17-9-7-16(8-10-17)13-22-21(26)12-11-20-23-18-5-3-4-6-19(18)24-20/h3-10,15,25H,11-14H2,1-2H3,(H,22,26)(H,23,24). The van der Waals surface area contributed by atoms with Gasteiger partial charge in [0.05, 0.1) is 16.8 Å². The molecule has 0 aliphatic carbocycles. The van der Waals surface area contributed by atoms with Crippen molar-refractivity contribution < 1.29 is 13.2 Å². The van der Waals surface area contributed by atoms with E-state index in [9.17, 15) is 13.2 Å². The van der Waals surface area contributed by atoms with Crippen LogP contribution in [-0.2, 0) is 33.5 Å². The van der Waals surface area contributed by atoms with Crippen LogP contribution in [0.3, 0.4) is 0 Å². The molecule has 0 bridgehead atoms. The van der Waals surface area contributed by atoms with E-state index in [0.717, 1.165) is 22.4 Å². The van der Waals surface area contributed by atoms with Gasteiger partial charge < -0.3 is 10.3 Å². The van der Waals surface area contributed by atoms with Crippen LogP contribution in [0.25, 0.3) is 11.0 Å². The van der Waals surface area contributed by atoms with Crippen molar-refractivity contribution in [2.45, 2.75) is 45.0 Å². The topological polar surface area (TPSA) is 104 Å². The second-order valence-electron chi connectivity index (χ2n) is 7.33. The smallest absolute Gasteiger partial charge is 0.220 e. The van der Waals surface area contributed by atoms with E-state index in [1.165, 1.54) is 0 Å². The summed E-state index contributed by atoms with van der Waals surface area (Å²) in [7, 11) is -3.34. The number of nitrogens with one attached hydrogen (secondary N) is 3. The third-order valence-electron chi connectivity index (χ3n) is 4.31. The van der Waals surface area contributed by atoms with E-state index < -0.39 is 10.0 Å². The Morgan fingerprint density at radius 1 is 1.07 bits per heavy atom. The van der Waals surface area contributed by atoms with Crippen molar-refractivity contribution in [3.8, 4) is 0 Å². The molecular weight excluding hydrogens is 388 g/mol. The number of benzene rings is 2. The first-order valence-corrected chi connectivity index (χ1v) is 11.2. The van der Waals surface area contributed by atoms with Gasteiger partial charge in [0, 0.05) is 25.4 Å². The van der Waals surface area contributed by atoms with Gasteiger partial charge >= 0.3 is 0 Å². The number of carbonyl (C=O) groups excluding carboxylic acids is 1. The van der Waals surface area contributed by atoms with Gasteiger partial charge in [0.15, 0.2) is 0 Å². The SMILES string of the molecule is CC(C)NS(=O)(=O)Cc1ccc(CNC(=O)CCc2nc3ccccc3[nH]2)cc1. The maximum absolute atomic E-state index is 12.1. The van der Waals surface area contributed by atoms with E-state index in [1.807, 2.05) is 36.4 Å². The molecule has 0 aliphatic rings. The number of imidazole rings is 1. The lowest BCUT2D eigenvalue weighted by molar-refractivity contribution is -0.121. The van der Waals surface area contributed by atoms with E-state index >= 15 is 0 Å². The van der Waals surface area contributed by atoms with E-state index in [0.29, 0.717) is 24.9 Å². The van der Waals surface area contributed by atoms with E-state index in [2.05, 4.69) is 20.0 Å². The van der Waals surface area contributed by atoms with Gasteiger partial charge in [-0.1, -0.05) is 36.4 Å². The molecule has 0 aliphatic heterocycles. The van der Waals surface area contributed by atoms with Crippen molar-refractivity contribution in [1.29, 1.82) is 0 Å². The zero-order valence-corrected chi connectivity index (χ0v) is 17.4. The van der Waals surface area contributed by atoms with Crippen LogP contribution < -0.4 is 10.0 Å². The number of aryl methyl sites for hydroxylation is 1. The van der Waals surface area contributed by atoms with Crippen LogP contribution in [0.5, 0.6) is 0 Å². The molecule has 0 atom stereocenters. The number of carbonyl (C=O) groups is 1. The largest absolute Gasteiger partial charge is 0.352 e. The van der Waals surface area contributed by atoms with Crippen LogP contribution in [0.4, 0.5) is 0 Å². The first kappa shape index (κ1) is 21.0. The van der Waals surface area contributed by atoms with E-state index in [4.69, 9.17) is 0 Å². The number of hydrogen-bond acceptors (Lipinski definition) is 4. The summed E-state index contributed by atoms with van der Waals surface area (Å²) >= 11 is 0. The number of nitrogens with zero attached hydrogens (tertiary/aromatic N) is 1. The molecule has 154 valence electrons. The Labute approximate surface area is 171 Å². The van der Waals surface area contributed by atoms with Crippen LogP contribution in [-0.4, -0.2) is 30.3 Å². The number of amides is 1. The molecule has 1 amide bonds. The van der Waals surface area contributed by atoms with Crippen molar-refractivity contribution in [3.05, 3.63) is 65.5 Å². The molecule has 0 unspecified atom stereocenters. The number of hydrogen-bond donors (Lipinski definition) is 3. The number of rotatable bonds is 9. The fourth-order valence-corrected chi connectivity index (χ4v) is 4.45. The second-order valence-corrected chi connectivity index (χ2v) is 9.08. The van der Waals surface area contributed by atoms with E-state index in [-0.39, 0.29) is 17.7 Å². The predicted octanol–water partition coefficient (Wildman–Crippen LogP) is 2.64. The monoisotopic (exact) mass is 414 g/mol. The van der Waals surface area contributed by atoms with Crippen LogP contribution in [0.15, 0.2) is 48.5 Å². The van der Waals surface area contributed by atoms with Gasteiger partial charge in [0.25, 0.3) is 0 Å². The minimum absolute atomic E-state index is 0.0572. The van der Waals surface area contributed by atoms with Gasteiger partial charge in [0.1, 0.15) is 5.82 Å². The fourth-order valence-electron chi connectivity index (χ4n) is 3.02. The summed E-state index contributed by atoms with van der Waals surface area (Å²) in [5.74, 6) is 0.676. The van der Waals surface area contributed by atoms with Crippen LogP contribution >= 0.6 is 0 Å². The first-order chi connectivity index (χ1) is 13.8. The molecular formula is C21H26N4O3S. The Balaban J connectivity index is 1.46. The molecule has 0 saturated heterocycles.